The highest BCUT2D eigenvalue weighted by molar-refractivity contribution is 7.89. The van der Waals surface area contributed by atoms with E-state index in [4.69, 9.17) is 5.26 Å². The summed E-state index contributed by atoms with van der Waals surface area (Å²) < 4.78 is 27.4. The highest BCUT2D eigenvalue weighted by Crippen LogP contribution is 2.16. The van der Waals surface area contributed by atoms with Gasteiger partial charge in [-0.25, -0.2) is 13.1 Å². The van der Waals surface area contributed by atoms with Gasteiger partial charge in [0, 0.05) is 12.6 Å². The van der Waals surface area contributed by atoms with Gasteiger partial charge in [-0.05, 0) is 50.1 Å². The van der Waals surface area contributed by atoms with Gasteiger partial charge in [-0.1, -0.05) is 6.42 Å². The summed E-state index contributed by atoms with van der Waals surface area (Å²) in [6.45, 7) is 3.34. The molecule has 1 aromatic carbocycles. The topological polar surface area (TPSA) is 82.0 Å². The van der Waals surface area contributed by atoms with Crippen molar-refractivity contribution in [3.05, 3.63) is 29.3 Å². The Hall–Kier alpha value is -1.42. The van der Waals surface area contributed by atoms with Crippen LogP contribution in [-0.2, 0) is 10.0 Å². The van der Waals surface area contributed by atoms with Crippen molar-refractivity contribution in [2.45, 2.75) is 37.1 Å². The monoisotopic (exact) mass is 293 g/mol. The Labute approximate surface area is 120 Å². The van der Waals surface area contributed by atoms with Crippen molar-refractivity contribution in [3.8, 4) is 6.07 Å². The van der Waals surface area contributed by atoms with Crippen LogP contribution in [0.15, 0.2) is 23.1 Å². The van der Waals surface area contributed by atoms with Crippen LogP contribution in [0.2, 0.25) is 0 Å². The first-order valence-electron chi connectivity index (χ1n) is 6.77. The Balaban J connectivity index is 2.17. The molecule has 1 saturated heterocycles. The van der Waals surface area contributed by atoms with Gasteiger partial charge < -0.3 is 5.32 Å². The summed E-state index contributed by atoms with van der Waals surface area (Å²) in [5.74, 6) is 0. The molecule has 6 heteroatoms. The van der Waals surface area contributed by atoms with Crippen molar-refractivity contribution in [3.63, 3.8) is 0 Å². The summed E-state index contributed by atoms with van der Waals surface area (Å²) in [4.78, 5) is 0.221. The number of nitrogens with one attached hydrogen (secondary N) is 2. The second-order valence-electron chi connectivity index (χ2n) is 5.11. The quantitative estimate of drug-likeness (QED) is 0.879. The maximum atomic E-state index is 12.3. The molecule has 0 radical (unpaired) electrons. The van der Waals surface area contributed by atoms with E-state index in [2.05, 4.69) is 10.0 Å². The van der Waals surface area contributed by atoms with Crippen LogP contribution in [0.25, 0.3) is 0 Å². The van der Waals surface area contributed by atoms with Gasteiger partial charge in [0.1, 0.15) is 0 Å². The molecule has 0 saturated carbocycles. The molecule has 0 amide bonds. The second-order valence-corrected chi connectivity index (χ2v) is 6.82. The van der Waals surface area contributed by atoms with Crippen molar-refractivity contribution in [1.29, 1.82) is 5.26 Å². The Morgan fingerprint density at radius 2 is 2.20 bits per heavy atom. The normalized spacial score (nSPS) is 20.1. The third kappa shape index (κ3) is 3.57. The SMILES string of the molecule is Cc1cc(S(=O)(=O)NC2CCCCNC2)ccc1C#N. The summed E-state index contributed by atoms with van der Waals surface area (Å²) >= 11 is 0. The summed E-state index contributed by atoms with van der Waals surface area (Å²) in [7, 11) is -3.52. The number of sulfonamides is 1. The molecule has 0 spiro atoms. The predicted octanol–water partition coefficient (Wildman–Crippen LogP) is 1.29. The number of nitrogens with zero attached hydrogens (tertiary/aromatic N) is 1. The first-order valence-corrected chi connectivity index (χ1v) is 8.25. The largest absolute Gasteiger partial charge is 0.315 e. The average Bonchev–Trinajstić information content (AvgIpc) is 2.66. The fourth-order valence-corrected chi connectivity index (χ4v) is 3.69. The van der Waals surface area contributed by atoms with Crippen LogP contribution in [0.5, 0.6) is 0 Å². The molecule has 108 valence electrons. The summed E-state index contributed by atoms with van der Waals surface area (Å²) in [5, 5.41) is 12.1. The number of benzene rings is 1. The van der Waals surface area contributed by atoms with Gasteiger partial charge in [-0.2, -0.15) is 5.26 Å². The minimum atomic E-state index is -3.52. The van der Waals surface area contributed by atoms with Crippen molar-refractivity contribution in [2.75, 3.05) is 13.1 Å². The molecule has 1 heterocycles. The van der Waals surface area contributed by atoms with Gasteiger partial charge >= 0.3 is 0 Å². The van der Waals surface area contributed by atoms with Crippen LogP contribution in [0.4, 0.5) is 0 Å². The molecule has 1 aromatic rings. The molecule has 1 fully saturated rings. The lowest BCUT2D eigenvalue weighted by molar-refractivity contribution is 0.521. The van der Waals surface area contributed by atoms with Crippen molar-refractivity contribution < 1.29 is 8.42 Å². The van der Waals surface area contributed by atoms with E-state index in [1.807, 2.05) is 6.07 Å². The number of nitriles is 1. The lowest BCUT2D eigenvalue weighted by Crippen LogP contribution is -2.40. The maximum absolute atomic E-state index is 12.3. The minimum absolute atomic E-state index is 0.0709. The Morgan fingerprint density at radius 1 is 1.40 bits per heavy atom. The van der Waals surface area contributed by atoms with Crippen LogP contribution in [0, 0.1) is 18.3 Å². The minimum Gasteiger partial charge on any atom is -0.315 e. The van der Waals surface area contributed by atoms with E-state index in [1.165, 1.54) is 6.07 Å². The zero-order chi connectivity index (χ0) is 14.6. The van der Waals surface area contributed by atoms with Gasteiger partial charge in [0.05, 0.1) is 16.5 Å². The van der Waals surface area contributed by atoms with E-state index in [0.29, 0.717) is 17.7 Å². The summed E-state index contributed by atoms with van der Waals surface area (Å²) in [5.41, 5.74) is 1.18. The van der Waals surface area contributed by atoms with Crippen LogP contribution in [0.1, 0.15) is 30.4 Å². The molecule has 0 aromatic heterocycles. The molecule has 2 N–H and O–H groups in total. The van der Waals surface area contributed by atoms with E-state index in [0.717, 1.165) is 25.8 Å². The van der Waals surface area contributed by atoms with Gasteiger partial charge in [0.2, 0.25) is 10.0 Å². The molecule has 1 aliphatic rings. The first-order chi connectivity index (χ1) is 9.53. The number of hydrogen-bond acceptors (Lipinski definition) is 4. The number of hydrogen-bond donors (Lipinski definition) is 2. The summed E-state index contributed by atoms with van der Waals surface area (Å²) in [6.07, 6.45) is 2.95. The van der Waals surface area contributed by atoms with Crippen molar-refractivity contribution in [1.82, 2.24) is 10.0 Å². The molecule has 0 bridgehead atoms. The number of aryl methyl sites for hydroxylation is 1. The van der Waals surface area contributed by atoms with Gasteiger partial charge in [0.25, 0.3) is 0 Å². The molecule has 1 aliphatic heterocycles. The van der Waals surface area contributed by atoms with E-state index in [1.54, 1.807) is 19.1 Å². The Bertz CT molecular complexity index is 612. The van der Waals surface area contributed by atoms with Crippen molar-refractivity contribution >= 4 is 10.0 Å². The fraction of sp³-hybridized carbons (Fsp3) is 0.500. The fourth-order valence-electron chi connectivity index (χ4n) is 2.34. The van der Waals surface area contributed by atoms with E-state index in [9.17, 15) is 8.42 Å². The third-order valence-corrected chi connectivity index (χ3v) is 5.02. The molecule has 1 unspecified atom stereocenters. The van der Waals surface area contributed by atoms with Gasteiger partial charge in [-0.3, -0.25) is 0 Å². The van der Waals surface area contributed by atoms with Gasteiger partial charge in [0.15, 0.2) is 0 Å². The molecular weight excluding hydrogens is 274 g/mol. The molecular formula is C14H19N3O2S. The maximum Gasteiger partial charge on any atom is 0.240 e. The average molecular weight is 293 g/mol. The van der Waals surface area contributed by atoms with E-state index < -0.39 is 10.0 Å². The first kappa shape index (κ1) is 15.0. The van der Waals surface area contributed by atoms with Crippen LogP contribution in [-0.4, -0.2) is 27.5 Å². The lowest BCUT2D eigenvalue weighted by atomic mass is 10.1. The Kier molecular flexibility index (Phi) is 4.76. The van der Waals surface area contributed by atoms with Crippen LogP contribution < -0.4 is 10.0 Å². The zero-order valence-electron chi connectivity index (χ0n) is 11.5. The molecule has 20 heavy (non-hydrogen) atoms. The molecule has 5 nitrogen and oxygen atoms in total. The third-order valence-electron chi connectivity index (χ3n) is 3.50. The van der Waals surface area contributed by atoms with Crippen LogP contribution >= 0.6 is 0 Å². The smallest absolute Gasteiger partial charge is 0.240 e. The summed E-state index contributed by atoms with van der Waals surface area (Å²) in [6, 6.07) is 6.55. The van der Waals surface area contributed by atoms with Crippen molar-refractivity contribution in [2.24, 2.45) is 0 Å². The highest BCUT2D eigenvalue weighted by Gasteiger charge is 2.21. The van der Waals surface area contributed by atoms with Gasteiger partial charge in [-0.15, -0.1) is 0 Å². The standard InChI is InChI=1S/C14H19N3O2S/c1-11-8-14(6-5-12(11)9-15)20(18,19)17-13-4-2-3-7-16-10-13/h5-6,8,13,16-17H,2-4,7,10H2,1H3. The highest BCUT2D eigenvalue weighted by atomic mass is 32.2. The zero-order valence-corrected chi connectivity index (χ0v) is 12.3. The lowest BCUT2D eigenvalue weighted by Gasteiger charge is -2.16. The molecule has 2 rings (SSSR count). The van der Waals surface area contributed by atoms with E-state index >= 15 is 0 Å². The number of rotatable bonds is 3. The van der Waals surface area contributed by atoms with Crippen LogP contribution in [0.3, 0.4) is 0 Å². The predicted molar refractivity (Wildman–Crippen MR) is 76.7 cm³/mol. The Morgan fingerprint density at radius 3 is 2.90 bits per heavy atom. The second kappa shape index (κ2) is 6.35. The van der Waals surface area contributed by atoms with E-state index in [-0.39, 0.29) is 10.9 Å². The molecule has 0 aliphatic carbocycles. The molecule has 1 atom stereocenters.